The van der Waals surface area contributed by atoms with Gasteiger partial charge in [0, 0.05) is 33.0 Å². The molecule has 1 heterocycles. The first-order chi connectivity index (χ1) is 9.67. The van der Waals surface area contributed by atoms with E-state index in [1.807, 2.05) is 13.8 Å². The molecule has 3 amide bonds. The molecule has 2 rings (SSSR count). The molecule has 1 aliphatic carbocycles. The summed E-state index contributed by atoms with van der Waals surface area (Å²) in [5, 5.41) is 0. The van der Waals surface area contributed by atoms with Gasteiger partial charge in [-0.25, -0.2) is 0 Å². The number of carbonyl (C=O) groups excluding carboxylic acids is 3. The molecular weight excluding hydrogens is 290 g/mol. The summed E-state index contributed by atoms with van der Waals surface area (Å²) in [5.41, 5.74) is 5.19. The molecule has 1 saturated carbocycles. The van der Waals surface area contributed by atoms with E-state index in [4.69, 9.17) is 18.0 Å². The predicted octanol–water partition coefficient (Wildman–Crippen LogP) is 0.152. The molecule has 0 bridgehead atoms. The number of nitrogens with two attached hydrogens (primary N) is 1. The lowest BCUT2D eigenvalue weighted by atomic mass is 10.1. The average Bonchev–Trinajstić information content (AvgIpc) is 2.86. The van der Waals surface area contributed by atoms with Crippen molar-refractivity contribution in [3.8, 4) is 0 Å². The van der Waals surface area contributed by atoms with Crippen LogP contribution in [0.5, 0.6) is 0 Å². The van der Waals surface area contributed by atoms with Crippen molar-refractivity contribution in [2.45, 2.75) is 26.7 Å². The zero-order chi connectivity index (χ0) is 15.9. The molecular formula is C14H21N3O3S. The largest absolute Gasteiger partial charge is 0.393 e. The van der Waals surface area contributed by atoms with Crippen molar-refractivity contribution in [3.05, 3.63) is 0 Å². The van der Waals surface area contributed by atoms with Crippen LogP contribution in [0.1, 0.15) is 26.7 Å². The van der Waals surface area contributed by atoms with Crippen LogP contribution < -0.4 is 5.73 Å². The van der Waals surface area contributed by atoms with Crippen molar-refractivity contribution < 1.29 is 14.4 Å². The SMILES string of the molecule is CN(CCC(N)=S)C(=O)CCN1C(=O)C2C(C1=O)C2(C)C. The van der Waals surface area contributed by atoms with Crippen LogP contribution in [0.15, 0.2) is 0 Å². The molecule has 0 aromatic carbocycles. The zero-order valence-electron chi connectivity index (χ0n) is 12.6. The van der Waals surface area contributed by atoms with Crippen LogP contribution in [-0.4, -0.2) is 52.6 Å². The fraction of sp³-hybridized carbons (Fsp3) is 0.714. The summed E-state index contributed by atoms with van der Waals surface area (Å²) < 4.78 is 0. The lowest BCUT2D eigenvalue weighted by Crippen LogP contribution is -2.39. The highest BCUT2D eigenvalue weighted by molar-refractivity contribution is 7.80. The van der Waals surface area contributed by atoms with Crippen molar-refractivity contribution in [3.63, 3.8) is 0 Å². The lowest BCUT2D eigenvalue weighted by Gasteiger charge is -2.22. The Balaban J connectivity index is 1.82. The standard InChI is InChI=1S/C14H21N3O3S/c1-14(2)10-11(14)13(20)17(12(10)19)7-5-9(18)16(3)6-4-8(15)21/h10-11H,4-7H2,1-3H3,(H2,15,21). The van der Waals surface area contributed by atoms with Gasteiger partial charge in [-0.05, 0) is 5.41 Å². The Bertz CT molecular complexity index is 494. The van der Waals surface area contributed by atoms with E-state index in [9.17, 15) is 14.4 Å². The van der Waals surface area contributed by atoms with Crippen molar-refractivity contribution in [2.24, 2.45) is 23.0 Å². The first-order valence-corrected chi connectivity index (χ1v) is 7.46. The summed E-state index contributed by atoms with van der Waals surface area (Å²) in [4.78, 5) is 39.3. The van der Waals surface area contributed by atoms with Gasteiger partial charge in [0.1, 0.15) is 0 Å². The molecule has 1 saturated heterocycles. The molecule has 0 radical (unpaired) electrons. The molecule has 1 aliphatic heterocycles. The Morgan fingerprint density at radius 3 is 2.29 bits per heavy atom. The fourth-order valence-corrected chi connectivity index (χ4v) is 3.12. The average molecular weight is 311 g/mol. The minimum Gasteiger partial charge on any atom is -0.393 e. The summed E-state index contributed by atoms with van der Waals surface area (Å²) in [6, 6.07) is 0. The number of hydrogen-bond donors (Lipinski definition) is 1. The summed E-state index contributed by atoms with van der Waals surface area (Å²) in [6.45, 7) is 4.49. The summed E-state index contributed by atoms with van der Waals surface area (Å²) in [6.07, 6.45) is 0.614. The first-order valence-electron chi connectivity index (χ1n) is 7.05. The zero-order valence-corrected chi connectivity index (χ0v) is 13.4. The van der Waals surface area contributed by atoms with E-state index in [-0.39, 0.29) is 47.9 Å². The molecule has 116 valence electrons. The monoisotopic (exact) mass is 311 g/mol. The molecule has 2 fully saturated rings. The second-order valence-corrected chi connectivity index (χ2v) is 6.91. The van der Waals surface area contributed by atoms with Crippen molar-refractivity contribution in [1.82, 2.24) is 9.80 Å². The van der Waals surface area contributed by atoms with E-state index >= 15 is 0 Å². The van der Waals surface area contributed by atoms with Crippen molar-refractivity contribution in [2.75, 3.05) is 20.1 Å². The summed E-state index contributed by atoms with van der Waals surface area (Å²) in [7, 11) is 1.66. The summed E-state index contributed by atoms with van der Waals surface area (Å²) in [5.74, 6) is -0.756. The topological polar surface area (TPSA) is 83.7 Å². The van der Waals surface area contributed by atoms with E-state index in [0.717, 1.165) is 0 Å². The van der Waals surface area contributed by atoms with Crippen LogP contribution in [0, 0.1) is 17.3 Å². The van der Waals surface area contributed by atoms with E-state index in [0.29, 0.717) is 18.0 Å². The van der Waals surface area contributed by atoms with Gasteiger partial charge in [-0.1, -0.05) is 26.1 Å². The van der Waals surface area contributed by atoms with Crippen LogP contribution in [0.25, 0.3) is 0 Å². The molecule has 0 spiro atoms. The quantitative estimate of drug-likeness (QED) is 0.558. The number of likely N-dealkylation sites (tertiary alicyclic amines) is 1. The number of piperidine rings is 1. The summed E-state index contributed by atoms with van der Waals surface area (Å²) >= 11 is 4.76. The Morgan fingerprint density at radius 2 is 1.81 bits per heavy atom. The Labute approximate surface area is 129 Å². The highest BCUT2D eigenvalue weighted by Crippen LogP contribution is 2.63. The second kappa shape index (κ2) is 5.36. The molecule has 6 nitrogen and oxygen atoms in total. The highest BCUT2D eigenvalue weighted by Gasteiger charge is 2.72. The number of thiocarbonyl (C=S) groups is 1. The number of rotatable bonds is 6. The van der Waals surface area contributed by atoms with Gasteiger partial charge in [-0.3, -0.25) is 19.3 Å². The van der Waals surface area contributed by atoms with E-state index in [1.165, 1.54) is 9.80 Å². The van der Waals surface area contributed by atoms with Crippen LogP contribution in [0.4, 0.5) is 0 Å². The van der Waals surface area contributed by atoms with Crippen LogP contribution in [-0.2, 0) is 14.4 Å². The van der Waals surface area contributed by atoms with Gasteiger partial charge < -0.3 is 10.6 Å². The third-order valence-electron chi connectivity index (χ3n) is 4.56. The Morgan fingerprint density at radius 1 is 1.29 bits per heavy atom. The lowest BCUT2D eigenvalue weighted by molar-refractivity contribution is -0.143. The Kier molecular flexibility index (Phi) is 4.06. The van der Waals surface area contributed by atoms with Gasteiger partial charge in [-0.15, -0.1) is 0 Å². The molecule has 0 aromatic heterocycles. The van der Waals surface area contributed by atoms with Crippen molar-refractivity contribution >= 4 is 34.9 Å². The molecule has 2 unspecified atom stereocenters. The third kappa shape index (κ3) is 2.79. The number of amides is 3. The predicted molar refractivity (Wildman–Crippen MR) is 81.1 cm³/mol. The van der Waals surface area contributed by atoms with E-state index in [1.54, 1.807) is 7.05 Å². The molecule has 2 N–H and O–H groups in total. The van der Waals surface area contributed by atoms with E-state index < -0.39 is 0 Å². The van der Waals surface area contributed by atoms with Gasteiger partial charge >= 0.3 is 0 Å². The minimum atomic E-state index is -0.206. The number of hydrogen-bond acceptors (Lipinski definition) is 4. The smallest absolute Gasteiger partial charge is 0.233 e. The first kappa shape index (κ1) is 15.9. The van der Waals surface area contributed by atoms with Crippen LogP contribution in [0.3, 0.4) is 0 Å². The number of nitrogens with zero attached hydrogens (tertiary/aromatic N) is 2. The van der Waals surface area contributed by atoms with Gasteiger partial charge in [0.05, 0.1) is 16.8 Å². The second-order valence-electron chi connectivity index (χ2n) is 6.39. The third-order valence-corrected chi connectivity index (χ3v) is 4.76. The molecule has 2 atom stereocenters. The Hall–Kier alpha value is -1.50. The van der Waals surface area contributed by atoms with Crippen LogP contribution >= 0.6 is 12.2 Å². The van der Waals surface area contributed by atoms with Gasteiger partial charge in [0.25, 0.3) is 0 Å². The molecule has 21 heavy (non-hydrogen) atoms. The minimum absolute atomic E-state index is 0.119. The van der Waals surface area contributed by atoms with Gasteiger partial charge in [0.2, 0.25) is 17.7 Å². The maximum atomic E-state index is 12.1. The maximum Gasteiger partial charge on any atom is 0.233 e. The number of imide groups is 1. The molecule has 7 heteroatoms. The number of carbonyl (C=O) groups is 3. The maximum absolute atomic E-state index is 12.1. The van der Waals surface area contributed by atoms with Crippen molar-refractivity contribution in [1.29, 1.82) is 0 Å². The van der Waals surface area contributed by atoms with Crippen LogP contribution in [0.2, 0.25) is 0 Å². The van der Waals surface area contributed by atoms with Gasteiger partial charge in [0.15, 0.2) is 0 Å². The van der Waals surface area contributed by atoms with E-state index in [2.05, 4.69) is 0 Å². The van der Waals surface area contributed by atoms with Gasteiger partial charge in [-0.2, -0.15) is 0 Å². The molecule has 0 aromatic rings. The molecule has 2 aliphatic rings. The highest BCUT2D eigenvalue weighted by atomic mass is 32.1. The fourth-order valence-electron chi connectivity index (χ4n) is 3.03. The normalized spacial score (nSPS) is 25.8. The number of fused-ring (bicyclic) bond motifs is 1.